The molecular weight excluding hydrogens is 404 g/mol. The first-order chi connectivity index (χ1) is 15.4. The van der Waals surface area contributed by atoms with Gasteiger partial charge in [-0.25, -0.2) is 0 Å². The van der Waals surface area contributed by atoms with Crippen molar-refractivity contribution in [2.24, 2.45) is 5.73 Å². The lowest BCUT2D eigenvalue weighted by Crippen LogP contribution is -2.49. The maximum absolute atomic E-state index is 12.8. The highest BCUT2D eigenvalue weighted by Crippen LogP contribution is 2.24. The van der Waals surface area contributed by atoms with Gasteiger partial charge in [0.15, 0.2) is 0 Å². The van der Waals surface area contributed by atoms with E-state index in [-0.39, 0.29) is 11.7 Å². The zero-order chi connectivity index (χ0) is 22.7. The van der Waals surface area contributed by atoms with Crippen molar-refractivity contribution < 1.29 is 14.3 Å². The van der Waals surface area contributed by atoms with Gasteiger partial charge in [0.05, 0.1) is 20.8 Å². The Morgan fingerprint density at radius 1 is 0.906 bits per heavy atom. The number of piperazine rings is 1. The zero-order valence-electron chi connectivity index (χ0n) is 18.4. The molecule has 0 unspecified atom stereocenters. The summed E-state index contributed by atoms with van der Waals surface area (Å²) in [5, 5.41) is 9.76. The number of benzene rings is 3. The zero-order valence-corrected chi connectivity index (χ0v) is 18.4. The standard InChI is InChI=1S/C25H28N4O3/c1-31-22-10-18(11-23(13-22)32-2)14-28-7-8-29(24(30)16-28)15-17-3-4-19-5-6-20(25(26)27)12-21(19)9-17/h3-6,9-13H,7-8,14-16H2,1-2H3,(H3,26,27). The van der Waals surface area contributed by atoms with Gasteiger partial charge in [-0.05, 0) is 46.2 Å². The molecule has 0 spiro atoms. The fourth-order valence-corrected chi connectivity index (χ4v) is 4.06. The summed E-state index contributed by atoms with van der Waals surface area (Å²) in [6.07, 6.45) is 0. The lowest BCUT2D eigenvalue weighted by atomic mass is 10.0. The molecule has 4 rings (SSSR count). The predicted octanol–water partition coefficient (Wildman–Crippen LogP) is 2.99. The monoisotopic (exact) mass is 432 g/mol. The number of methoxy groups -OCH3 is 2. The molecule has 0 aliphatic carbocycles. The van der Waals surface area contributed by atoms with E-state index in [1.165, 1.54) is 0 Å². The Morgan fingerprint density at radius 2 is 1.62 bits per heavy atom. The number of fused-ring (bicyclic) bond motifs is 1. The van der Waals surface area contributed by atoms with Gasteiger partial charge >= 0.3 is 0 Å². The van der Waals surface area contributed by atoms with Crippen LogP contribution in [0.3, 0.4) is 0 Å². The molecule has 1 aliphatic heterocycles. The summed E-state index contributed by atoms with van der Waals surface area (Å²) >= 11 is 0. The fourth-order valence-electron chi connectivity index (χ4n) is 4.06. The minimum atomic E-state index is 0.0530. The van der Waals surface area contributed by atoms with Crippen LogP contribution in [-0.4, -0.2) is 55.4 Å². The van der Waals surface area contributed by atoms with Crippen LogP contribution in [0.4, 0.5) is 0 Å². The molecule has 3 aromatic rings. The molecule has 0 atom stereocenters. The Morgan fingerprint density at radius 3 is 2.28 bits per heavy atom. The van der Waals surface area contributed by atoms with Crippen LogP contribution >= 0.6 is 0 Å². The lowest BCUT2D eigenvalue weighted by Gasteiger charge is -2.34. The second-order valence-electron chi connectivity index (χ2n) is 8.06. The summed E-state index contributed by atoms with van der Waals surface area (Å²) in [5.74, 6) is 1.66. The maximum atomic E-state index is 12.8. The van der Waals surface area contributed by atoms with Gasteiger partial charge in [-0.2, -0.15) is 0 Å². The second-order valence-corrected chi connectivity index (χ2v) is 8.06. The number of amidine groups is 1. The fraction of sp³-hybridized carbons (Fsp3) is 0.280. The van der Waals surface area contributed by atoms with Gasteiger partial charge in [-0.3, -0.25) is 15.1 Å². The van der Waals surface area contributed by atoms with E-state index < -0.39 is 0 Å². The molecule has 3 aromatic carbocycles. The highest BCUT2D eigenvalue weighted by Gasteiger charge is 2.24. The summed E-state index contributed by atoms with van der Waals surface area (Å²) in [4.78, 5) is 16.9. The molecule has 32 heavy (non-hydrogen) atoms. The maximum Gasteiger partial charge on any atom is 0.237 e. The average Bonchev–Trinajstić information content (AvgIpc) is 2.80. The van der Waals surface area contributed by atoms with Crippen molar-refractivity contribution in [1.29, 1.82) is 5.41 Å². The molecule has 0 bridgehead atoms. The van der Waals surface area contributed by atoms with E-state index in [1.807, 2.05) is 47.4 Å². The first-order valence-electron chi connectivity index (χ1n) is 10.5. The van der Waals surface area contributed by atoms with Gasteiger partial charge in [0.25, 0.3) is 0 Å². The minimum Gasteiger partial charge on any atom is -0.497 e. The molecule has 1 aliphatic rings. The van der Waals surface area contributed by atoms with E-state index in [0.29, 0.717) is 31.7 Å². The topological polar surface area (TPSA) is 91.9 Å². The molecule has 7 heteroatoms. The predicted molar refractivity (Wildman–Crippen MR) is 125 cm³/mol. The number of hydrogen-bond donors (Lipinski definition) is 2. The number of rotatable bonds is 7. The number of ether oxygens (including phenoxy) is 2. The van der Waals surface area contributed by atoms with Crippen LogP contribution in [-0.2, 0) is 17.9 Å². The highest BCUT2D eigenvalue weighted by molar-refractivity contribution is 5.99. The number of amides is 1. The second kappa shape index (κ2) is 9.28. The minimum absolute atomic E-state index is 0.0530. The number of nitrogens with zero attached hydrogens (tertiary/aromatic N) is 2. The van der Waals surface area contributed by atoms with Gasteiger partial charge in [0, 0.05) is 37.8 Å². The molecule has 1 amide bonds. The Kier molecular flexibility index (Phi) is 6.28. The summed E-state index contributed by atoms with van der Waals surface area (Å²) in [6.45, 7) is 3.08. The van der Waals surface area contributed by atoms with Crippen molar-refractivity contribution in [2.75, 3.05) is 33.9 Å². The van der Waals surface area contributed by atoms with Crippen molar-refractivity contribution in [3.8, 4) is 11.5 Å². The van der Waals surface area contributed by atoms with Crippen molar-refractivity contribution in [2.45, 2.75) is 13.1 Å². The van der Waals surface area contributed by atoms with Crippen LogP contribution in [0.15, 0.2) is 54.6 Å². The number of nitrogens with two attached hydrogens (primary N) is 1. The van der Waals surface area contributed by atoms with Gasteiger partial charge in [0.1, 0.15) is 17.3 Å². The summed E-state index contributed by atoms with van der Waals surface area (Å²) in [5.41, 5.74) is 8.45. The van der Waals surface area contributed by atoms with Crippen molar-refractivity contribution in [3.05, 3.63) is 71.3 Å². The number of nitrogen functional groups attached to an aromatic ring is 1. The molecule has 166 valence electrons. The molecule has 1 heterocycles. The summed E-state index contributed by atoms with van der Waals surface area (Å²) < 4.78 is 10.7. The normalized spacial score (nSPS) is 14.6. The first-order valence-corrected chi connectivity index (χ1v) is 10.5. The Bertz CT molecular complexity index is 1140. The van der Waals surface area contributed by atoms with Crippen LogP contribution < -0.4 is 15.2 Å². The van der Waals surface area contributed by atoms with Crippen LogP contribution in [0.25, 0.3) is 10.8 Å². The molecule has 1 fully saturated rings. The smallest absolute Gasteiger partial charge is 0.237 e. The highest BCUT2D eigenvalue weighted by atomic mass is 16.5. The number of carbonyl (C=O) groups excluding carboxylic acids is 1. The molecule has 0 saturated carbocycles. The van der Waals surface area contributed by atoms with E-state index in [4.69, 9.17) is 20.6 Å². The largest absolute Gasteiger partial charge is 0.497 e. The van der Waals surface area contributed by atoms with Crippen LogP contribution in [0, 0.1) is 5.41 Å². The average molecular weight is 433 g/mol. The van der Waals surface area contributed by atoms with Crippen molar-refractivity contribution in [1.82, 2.24) is 9.80 Å². The first kappa shape index (κ1) is 21.6. The third kappa shape index (κ3) is 4.84. The van der Waals surface area contributed by atoms with E-state index in [0.717, 1.165) is 39.9 Å². The molecule has 0 radical (unpaired) electrons. The molecule has 0 aromatic heterocycles. The molecule has 7 nitrogen and oxygen atoms in total. The lowest BCUT2D eigenvalue weighted by molar-refractivity contribution is -0.136. The van der Waals surface area contributed by atoms with Gasteiger partial charge < -0.3 is 20.1 Å². The van der Waals surface area contributed by atoms with Crippen molar-refractivity contribution in [3.63, 3.8) is 0 Å². The number of nitrogens with one attached hydrogen (secondary N) is 1. The third-order valence-electron chi connectivity index (χ3n) is 5.80. The Labute approximate surface area is 187 Å². The molecule has 3 N–H and O–H groups in total. The number of hydrogen-bond acceptors (Lipinski definition) is 5. The third-order valence-corrected chi connectivity index (χ3v) is 5.80. The molecular formula is C25H28N4O3. The Balaban J connectivity index is 1.42. The Hall–Kier alpha value is -3.58. The summed E-state index contributed by atoms with van der Waals surface area (Å²) in [7, 11) is 3.27. The number of carbonyl (C=O) groups is 1. The van der Waals surface area contributed by atoms with E-state index in [9.17, 15) is 4.79 Å². The van der Waals surface area contributed by atoms with Crippen LogP contribution in [0.1, 0.15) is 16.7 Å². The van der Waals surface area contributed by atoms with Crippen LogP contribution in [0.2, 0.25) is 0 Å². The van der Waals surface area contributed by atoms with Gasteiger partial charge in [0.2, 0.25) is 5.91 Å². The van der Waals surface area contributed by atoms with Gasteiger partial charge in [-0.15, -0.1) is 0 Å². The van der Waals surface area contributed by atoms with E-state index in [2.05, 4.69) is 17.0 Å². The summed E-state index contributed by atoms with van der Waals surface area (Å²) in [6, 6.07) is 17.7. The SMILES string of the molecule is COc1cc(CN2CCN(Cc3ccc4ccc(C(=N)N)cc4c3)C(=O)C2)cc(OC)c1. The molecule has 1 saturated heterocycles. The van der Waals surface area contributed by atoms with E-state index >= 15 is 0 Å². The van der Waals surface area contributed by atoms with E-state index in [1.54, 1.807) is 14.2 Å². The quantitative estimate of drug-likeness (QED) is 0.442. The van der Waals surface area contributed by atoms with Crippen LogP contribution in [0.5, 0.6) is 11.5 Å². The van der Waals surface area contributed by atoms with Crippen molar-refractivity contribution >= 4 is 22.5 Å². The van der Waals surface area contributed by atoms with Gasteiger partial charge in [-0.1, -0.05) is 24.3 Å².